The van der Waals surface area contributed by atoms with Crippen molar-refractivity contribution in [2.45, 2.75) is 6.61 Å². The fourth-order valence-corrected chi connectivity index (χ4v) is 1.82. The van der Waals surface area contributed by atoms with Crippen molar-refractivity contribution in [1.82, 2.24) is 14.6 Å². The van der Waals surface area contributed by atoms with E-state index in [1.807, 2.05) is 36.5 Å². The molecule has 0 saturated heterocycles. The lowest BCUT2D eigenvalue weighted by molar-refractivity contribution is 0.296. The van der Waals surface area contributed by atoms with Crippen LogP contribution in [0.2, 0.25) is 5.02 Å². The van der Waals surface area contributed by atoms with Crippen molar-refractivity contribution in [3.8, 4) is 5.75 Å². The molecule has 3 rings (SSSR count). The van der Waals surface area contributed by atoms with Crippen molar-refractivity contribution in [3.63, 3.8) is 0 Å². The average molecular weight is 260 g/mol. The first-order chi connectivity index (χ1) is 8.81. The number of nitrogens with zero attached hydrogens (tertiary/aromatic N) is 3. The zero-order valence-corrected chi connectivity index (χ0v) is 10.2. The van der Waals surface area contributed by atoms with E-state index in [4.69, 9.17) is 16.3 Å². The first-order valence-corrected chi connectivity index (χ1v) is 5.88. The first kappa shape index (κ1) is 11.0. The lowest BCUT2D eigenvalue weighted by atomic mass is 10.3. The van der Waals surface area contributed by atoms with Gasteiger partial charge >= 0.3 is 0 Å². The molecule has 0 aliphatic rings. The van der Waals surface area contributed by atoms with E-state index in [0.717, 1.165) is 5.65 Å². The Morgan fingerprint density at radius 3 is 2.94 bits per heavy atom. The summed E-state index contributed by atoms with van der Waals surface area (Å²) < 4.78 is 7.30. The second kappa shape index (κ2) is 4.66. The number of hydrogen-bond acceptors (Lipinski definition) is 3. The fourth-order valence-electron chi connectivity index (χ4n) is 1.64. The molecule has 3 aromatic rings. The van der Waals surface area contributed by atoms with Gasteiger partial charge in [-0.3, -0.25) is 0 Å². The Balaban J connectivity index is 1.76. The molecule has 2 heterocycles. The van der Waals surface area contributed by atoms with Crippen molar-refractivity contribution in [3.05, 3.63) is 59.5 Å². The predicted molar refractivity (Wildman–Crippen MR) is 68.8 cm³/mol. The highest BCUT2D eigenvalue weighted by Gasteiger charge is 2.03. The van der Waals surface area contributed by atoms with Crippen LogP contribution in [0.15, 0.2) is 48.7 Å². The molecule has 0 atom stereocenters. The maximum Gasteiger partial charge on any atom is 0.189 e. The zero-order chi connectivity index (χ0) is 12.4. The maximum absolute atomic E-state index is 5.88. The Morgan fingerprint density at radius 2 is 2.11 bits per heavy atom. The normalized spacial score (nSPS) is 10.7. The smallest absolute Gasteiger partial charge is 0.189 e. The molecule has 5 heteroatoms. The second-order valence-corrected chi connectivity index (χ2v) is 4.21. The van der Waals surface area contributed by atoms with Gasteiger partial charge in [0.25, 0.3) is 0 Å². The third kappa shape index (κ3) is 2.28. The van der Waals surface area contributed by atoms with Crippen LogP contribution in [0.5, 0.6) is 5.75 Å². The molecule has 0 aliphatic heterocycles. The SMILES string of the molecule is Clc1cccc(OCc2nc3ccccn3n2)c1. The summed E-state index contributed by atoms with van der Waals surface area (Å²) in [6, 6.07) is 13.0. The van der Waals surface area contributed by atoms with Gasteiger partial charge in [-0.25, -0.2) is 9.50 Å². The Bertz CT molecular complexity index is 648. The highest BCUT2D eigenvalue weighted by molar-refractivity contribution is 6.30. The Kier molecular flexibility index (Phi) is 2.86. The van der Waals surface area contributed by atoms with Gasteiger partial charge in [-0.1, -0.05) is 23.7 Å². The van der Waals surface area contributed by atoms with Crippen molar-refractivity contribution < 1.29 is 4.74 Å². The van der Waals surface area contributed by atoms with E-state index in [9.17, 15) is 0 Å². The quantitative estimate of drug-likeness (QED) is 0.726. The van der Waals surface area contributed by atoms with Crippen LogP contribution in [0, 0.1) is 0 Å². The molecule has 18 heavy (non-hydrogen) atoms. The highest BCUT2D eigenvalue weighted by Crippen LogP contribution is 2.17. The molecule has 0 aliphatic carbocycles. The largest absolute Gasteiger partial charge is 0.485 e. The van der Waals surface area contributed by atoms with Crippen LogP contribution >= 0.6 is 11.6 Å². The minimum atomic E-state index is 0.321. The van der Waals surface area contributed by atoms with Crippen LogP contribution in [-0.2, 0) is 6.61 Å². The summed E-state index contributed by atoms with van der Waals surface area (Å²) in [5, 5.41) is 4.95. The van der Waals surface area contributed by atoms with Crippen molar-refractivity contribution in [2.75, 3.05) is 0 Å². The van der Waals surface area contributed by atoms with Crippen molar-refractivity contribution in [2.24, 2.45) is 0 Å². The molecule has 90 valence electrons. The summed E-state index contributed by atoms with van der Waals surface area (Å²) in [6.07, 6.45) is 1.85. The molecule has 0 fully saturated rings. The lowest BCUT2D eigenvalue weighted by Gasteiger charge is -2.02. The zero-order valence-electron chi connectivity index (χ0n) is 9.45. The van der Waals surface area contributed by atoms with Gasteiger partial charge in [0.05, 0.1) is 0 Å². The van der Waals surface area contributed by atoms with Gasteiger partial charge < -0.3 is 4.74 Å². The van der Waals surface area contributed by atoms with Gasteiger partial charge in [0.15, 0.2) is 11.5 Å². The maximum atomic E-state index is 5.88. The molecule has 0 saturated carbocycles. The molecule has 1 aromatic carbocycles. The Labute approximate surface area is 109 Å². The highest BCUT2D eigenvalue weighted by atomic mass is 35.5. The van der Waals surface area contributed by atoms with Crippen LogP contribution in [0.1, 0.15) is 5.82 Å². The molecule has 0 spiro atoms. The molecule has 0 unspecified atom stereocenters. The van der Waals surface area contributed by atoms with E-state index >= 15 is 0 Å². The lowest BCUT2D eigenvalue weighted by Crippen LogP contribution is -1.98. The number of ether oxygens (including phenoxy) is 1. The van der Waals surface area contributed by atoms with Crippen LogP contribution in [0.25, 0.3) is 5.65 Å². The van der Waals surface area contributed by atoms with Crippen LogP contribution in [-0.4, -0.2) is 14.6 Å². The molecular formula is C13H10ClN3O. The number of benzene rings is 1. The Morgan fingerprint density at radius 1 is 1.17 bits per heavy atom. The average Bonchev–Trinajstić information content (AvgIpc) is 2.79. The third-order valence-corrected chi connectivity index (χ3v) is 2.68. The second-order valence-electron chi connectivity index (χ2n) is 3.78. The number of pyridine rings is 1. The van der Waals surface area contributed by atoms with E-state index in [-0.39, 0.29) is 0 Å². The predicted octanol–water partition coefficient (Wildman–Crippen LogP) is 2.96. The van der Waals surface area contributed by atoms with Gasteiger partial charge in [0, 0.05) is 11.2 Å². The van der Waals surface area contributed by atoms with Gasteiger partial charge in [0.1, 0.15) is 12.4 Å². The summed E-state index contributed by atoms with van der Waals surface area (Å²) in [6.45, 7) is 0.321. The van der Waals surface area contributed by atoms with Gasteiger partial charge in [-0.15, -0.1) is 5.10 Å². The topological polar surface area (TPSA) is 39.4 Å². The van der Waals surface area contributed by atoms with E-state index in [2.05, 4.69) is 10.1 Å². The number of hydrogen-bond donors (Lipinski definition) is 0. The van der Waals surface area contributed by atoms with Crippen LogP contribution in [0.4, 0.5) is 0 Å². The molecule has 0 bridgehead atoms. The van der Waals surface area contributed by atoms with E-state index in [0.29, 0.717) is 23.2 Å². The molecule has 4 nitrogen and oxygen atoms in total. The number of fused-ring (bicyclic) bond motifs is 1. The molecule has 2 aromatic heterocycles. The Hall–Kier alpha value is -2.07. The summed E-state index contributed by atoms with van der Waals surface area (Å²) in [4.78, 5) is 4.34. The molecule has 0 amide bonds. The third-order valence-electron chi connectivity index (χ3n) is 2.45. The van der Waals surface area contributed by atoms with Gasteiger partial charge in [-0.05, 0) is 30.3 Å². The fraction of sp³-hybridized carbons (Fsp3) is 0.0769. The molecule has 0 radical (unpaired) electrons. The first-order valence-electron chi connectivity index (χ1n) is 5.50. The minimum Gasteiger partial charge on any atom is -0.485 e. The van der Waals surface area contributed by atoms with Crippen LogP contribution < -0.4 is 4.74 Å². The van der Waals surface area contributed by atoms with E-state index < -0.39 is 0 Å². The van der Waals surface area contributed by atoms with Crippen molar-refractivity contribution >= 4 is 17.2 Å². The number of rotatable bonds is 3. The van der Waals surface area contributed by atoms with E-state index in [1.54, 1.807) is 16.6 Å². The monoisotopic (exact) mass is 259 g/mol. The van der Waals surface area contributed by atoms with E-state index in [1.165, 1.54) is 0 Å². The molecular weight excluding hydrogens is 250 g/mol. The standard InChI is InChI=1S/C13H10ClN3O/c14-10-4-3-5-11(8-10)18-9-12-15-13-6-1-2-7-17(13)16-12/h1-8H,9H2. The molecule has 0 N–H and O–H groups in total. The summed E-state index contributed by atoms with van der Waals surface area (Å²) in [5.41, 5.74) is 0.808. The summed E-state index contributed by atoms with van der Waals surface area (Å²) >= 11 is 5.88. The van der Waals surface area contributed by atoms with Crippen LogP contribution in [0.3, 0.4) is 0 Å². The summed E-state index contributed by atoms with van der Waals surface area (Å²) in [5.74, 6) is 1.35. The number of halogens is 1. The minimum absolute atomic E-state index is 0.321. The van der Waals surface area contributed by atoms with Gasteiger partial charge in [-0.2, -0.15) is 0 Å². The van der Waals surface area contributed by atoms with Crippen molar-refractivity contribution in [1.29, 1.82) is 0 Å². The summed E-state index contributed by atoms with van der Waals surface area (Å²) in [7, 11) is 0. The van der Waals surface area contributed by atoms with Gasteiger partial charge in [0.2, 0.25) is 0 Å². The number of aromatic nitrogens is 3.